The van der Waals surface area contributed by atoms with E-state index in [-0.39, 0.29) is 5.91 Å². The van der Waals surface area contributed by atoms with Gasteiger partial charge in [0.25, 0.3) is 5.78 Å². The molecule has 7 heteroatoms. The first kappa shape index (κ1) is 14.9. The minimum atomic E-state index is 0.0735. The molecule has 1 aliphatic heterocycles. The van der Waals surface area contributed by atoms with Gasteiger partial charge in [-0.3, -0.25) is 4.79 Å². The SMILES string of the molecule is Cc1nc2ncnn2c(C)c1CCC(=O)NC[C@@H]1CCOC1. The summed E-state index contributed by atoms with van der Waals surface area (Å²) in [6, 6.07) is 0. The summed E-state index contributed by atoms with van der Waals surface area (Å²) in [5, 5.41) is 7.16. The maximum atomic E-state index is 12.0. The van der Waals surface area contributed by atoms with E-state index >= 15 is 0 Å². The maximum Gasteiger partial charge on any atom is 0.252 e. The van der Waals surface area contributed by atoms with Crippen LogP contribution >= 0.6 is 0 Å². The number of fused-ring (bicyclic) bond motifs is 1. The zero-order valence-corrected chi connectivity index (χ0v) is 13.0. The van der Waals surface area contributed by atoms with Gasteiger partial charge in [0.15, 0.2) is 0 Å². The van der Waals surface area contributed by atoms with Gasteiger partial charge in [-0.2, -0.15) is 10.1 Å². The topological polar surface area (TPSA) is 81.4 Å². The Morgan fingerprint density at radius 2 is 2.36 bits per heavy atom. The molecule has 22 heavy (non-hydrogen) atoms. The number of nitrogens with one attached hydrogen (secondary N) is 1. The van der Waals surface area contributed by atoms with Crippen molar-refractivity contribution in [2.24, 2.45) is 5.92 Å². The lowest BCUT2D eigenvalue weighted by atomic mass is 10.1. The fraction of sp³-hybridized carbons (Fsp3) is 0.600. The molecular formula is C15H21N5O2. The van der Waals surface area contributed by atoms with Crippen LogP contribution in [0.25, 0.3) is 5.78 Å². The predicted octanol–water partition coefficient (Wildman–Crippen LogP) is 0.826. The van der Waals surface area contributed by atoms with Gasteiger partial charge in [-0.15, -0.1) is 0 Å². The Kier molecular flexibility index (Phi) is 4.33. The van der Waals surface area contributed by atoms with Crippen molar-refractivity contribution < 1.29 is 9.53 Å². The van der Waals surface area contributed by atoms with E-state index in [9.17, 15) is 4.79 Å². The van der Waals surface area contributed by atoms with Crippen molar-refractivity contribution >= 4 is 11.7 Å². The number of carbonyl (C=O) groups excluding carboxylic acids is 1. The minimum Gasteiger partial charge on any atom is -0.381 e. The second-order valence-corrected chi connectivity index (χ2v) is 5.77. The van der Waals surface area contributed by atoms with Crippen LogP contribution in [0.2, 0.25) is 0 Å². The average Bonchev–Trinajstić information content (AvgIpc) is 3.15. The molecule has 0 radical (unpaired) electrons. The molecule has 1 N–H and O–H groups in total. The fourth-order valence-corrected chi connectivity index (χ4v) is 2.85. The summed E-state index contributed by atoms with van der Waals surface area (Å²) in [7, 11) is 0. The summed E-state index contributed by atoms with van der Waals surface area (Å²) < 4.78 is 7.03. The smallest absolute Gasteiger partial charge is 0.252 e. The monoisotopic (exact) mass is 303 g/mol. The van der Waals surface area contributed by atoms with Gasteiger partial charge in [0.1, 0.15) is 6.33 Å². The molecule has 118 valence electrons. The first-order valence-electron chi connectivity index (χ1n) is 7.65. The molecule has 1 saturated heterocycles. The standard InChI is InChI=1S/C15H21N5O2/c1-10-13(11(2)20-15(19-10)17-9-18-20)3-4-14(21)16-7-12-5-6-22-8-12/h9,12H,3-8H2,1-2H3,(H,16,21)/t12-/m0/s1. The molecule has 0 aliphatic carbocycles. The van der Waals surface area contributed by atoms with Gasteiger partial charge in [0, 0.05) is 36.9 Å². The molecule has 3 rings (SSSR count). The van der Waals surface area contributed by atoms with E-state index in [2.05, 4.69) is 20.4 Å². The molecule has 1 amide bonds. The third kappa shape index (κ3) is 3.09. The number of hydrogen-bond donors (Lipinski definition) is 1. The van der Waals surface area contributed by atoms with E-state index in [0.717, 1.165) is 36.6 Å². The lowest BCUT2D eigenvalue weighted by molar-refractivity contribution is -0.121. The Morgan fingerprint density at radius 3 is 3.14 bits per heavy atom. The van der Waals surface area contributed by atoms with Crippen molar-refractivity contribution in [1.29, 1.82) is 0 Å². The number of amides is 1. The lowest BCUT2D eigenvalue weighted by Gasteiger charge is -2.12. The van der Waals surface area contributed by atoms with Crippen LogP contribution in [-0.2, 0) is 16.0 Å². The van der Waals surface area contributed by atoms with E-state index < -0.39 is 0 Å². The zero-order chi connectivity index (χ0) is 15.5. The minimum absolute atomic E-state index is 0.0735. The Hall–Kier alpha value is -2.02. The van der Waals surface area contributed by atoms with Crippen molar-refractivity contribution in [3.63, 3.8) is 0 Å². The van der Waals surface area contributed by atoms with Crippen LogP contribution < -0.4 is 5.32 Å². The largest absolute Gasteiger partial charge is 0.381 e. The normalized spacial score (nSPS) is 18.0. The van der Waals surface area contributed by atoms with Crippen LogP contribution in [0.4, 0.5) is 0 Å². The van der Waals surface area contributed by atoms with Crippen LogP contribution in [0.1, 0.15) is 29.8 Å². The Labute approximate surface area is 129 Å². The average molecular weight is 303 g/mol. The quantitative estimate of drug-likeness (QED) is 0.884. The highest BCUT2D eigenvalue weighted by Crippen LogP contribution is 2.15. The number of ether oxygens (including phenoxy) is 1. The van der Waals surface area contributed by atoms with E-state index in [1.54, 1.807) is 4.52 Å². The van der Waals surface area contributed by atoms with Crippen LogP contribution in [-0.4, -0.2) is 45.2 Å². The van der Waals surface area contributed by atoms with Gasteiger partial charge < -0.3 is 10.1 Å². The Balaban J connectivity index is 1.59. The van der Waals surface area contributed by atoms with Crippen LogP contribution in [0.15, 0.2) is 6.33 Å². The van der Waals surface area contributed by atoms with Crippen molar-refractivity contribution in [3.8, 4) is 0 Å². The van der Waals surface area contributed by atoms with Gasteiger partial charge in [-0.1, -0.05) is 0 Å². The molecule has 1 atom stereocenters. The molecule has 1 aliphatic rings. The molecule has 0 saturated carbocycles. The number of aryl methyl sites for hydroxylation is 2. The summed E-state index contributed by atoms with van der Waals surface area (Å²) in [5.41, 5.74) is 2.98. The molecule has 2 aromatic rings. The maximum absolute atomic E-state index is 12.0. The first-order valence-corrected chi connectivity index (χ1v) is 7.65. The summed E-state index contributed by atoms with van der Waals surface area (Å²) >= 11 is 0. The van der Waals surface area contributed by atoms with Crippen molar-refractivity contribution in [2.75, 3.05) is 19.8 Å². The molecule has 0 aromatic carbocycles. The van der Waals surface area contributed by atoms with Gasteiger partial charge >= 0.3 is 0 Å². The molecule has 0 spiro atoms. The molecule has 0 unspecified atom stereocenters. The highest BCUT2D eigenvalue weighted by Gasteiger charge is 2.17. The Morgan fingerprint density at radius 1 is 1.50 bits per heavy atom. The van der Waals surface area contributed by atoms with Crippen molar-refractivity contribution in [2.45, 2.75) is 33.1 Å². The molecule has 7 nitrogen and oxygen atoms in total. The zero-order valence-electron chi connectivity index (χ0n) is 13.0. The Bertz CT molecular complexity index is 676. The molecular weight excluding hydrogens is 282 g/mol. The second-order valence-electron chi connectivity index (χ2n) is 5.77. The third-order valence-corrected chi connectivity index (χ3v) is 4.20. The van der Waals surface area contributed by atoms with Crippen LogP contribution in [0.5, 0.6) is 0 Å². The van der Waals surface area contributed by atoms with Crippen molar-refractivity contribution in [3.05, 3.63) is 23.3 Å². The molecule has 0 bridgehead atoms. The van der Waals surface area contributed by atoms with Gasteiger partial charge in [-0.05, 0) is 32.3 Å². The molecule has 3 heterocycles. The van der Waals surface area contributed by atoms with E-state index in [0.29, 0.717) is 31.1 Å². The third-order valence-electron chi connectivity index (χ3n) is 4.20. The predicted molar refractivity (Wildman–Crippen MR) is 80.5 cm³/mol. The summed E-state index contributed by atoms with van der Waals surface area (Å²) in [4.78, 5) is 20.5. The molecule has 1 fully saturated rings. The lowest BCUT2D eigenvalue weighted by Crippen LogP contribution is -2.29. The second kappa shape index (κ2) is 6.39. The van der Waals surface area contributed by atoms with Gasteiger partial charge in [-0.25, -0.2) is 9.50 Å². The van der Waals surface area contributed by atoms with Crippen LogP contribution in [0, 0.1) is 19.8 Å². The van der Waals surface area contributed by atoms with Gasteiger partial charge in [0.05, 0.1) is 6.61 Å². The molecule has 2 aromatic heterocycles. The van der Waals surface area contributed by atoms with E-state index in [4.69, 9.17) is 4.74 Å². The number of hydrogen-bond acceptors (Lipinski definition) is 5. The first-order chi connectivity index (χ1) is 10.6. The number of carbonyl (C=O) groups is 1. The number of rotatable bonds is 5. The van der Waals surface area contributed by atoms with Crippen molar-refractivity contribution in [1.82, 2.24) is 24.9 Å². The number of aromatic nitrogens is 4. The van der Waals surface area contributed by atoms with E-state index in [1.807, 2.05) is 13.8 Å². The van der Waals surface area contributed by atoms with Gasteiger partial charge in [0.2, 0.25) is 5.91 Å². The summed E-state index contributed by atoms with van der Waals surface area (Å²) in [5.74, 6) is 1.13. The number of nitrogens with zero attached hydrogens (tertiary/aromatic N) is 4. The highest BCUT2D eigenvalue weighted by atomic mass is 16.5. The highest BCUT2D eigenvalue weighted by molar-refractivity contribution is 5.76. The van der Waals surface area contributed by atoms with E-state index in [1.165, 1.54) is 6.33 Å². The fourth-order valence-electron chi connectivity index (χ4n) is 2.85. The summed E-state index contributed by atoms with van der Waals surface area (Å²) in [6.07, 6.45) is 3.64. The van der Waals surface area contributed by atoms with Crippen LogP contribution in [0.3, 0.4) is 0 Å². The summed E-state index contributed by atoms with van der Waals surface area (Å²) in [6.45, 7) is 6.20.